The Bertz CT molecular complexity index is 1170. The van der Waals surface area contributed by atoms with E-state index in [1.165, 1.54) is 33.5 Å². The summed E-state index contributed by atoms with van der Waals surface area (Å²) in [4.78, 5) is 15.0. The Morgan fingerprint density at radius 2 is 1.79 bits per heavy atom. The number of hydrogen-bond donors (Lipinski definition) is 0. The van der Waals surface area contributed by atoms with Gasteiger partial charge in [-0.15, -0.1) is 0 Å². The Labute approximate surface area is 197 Å². The number of halogens is 3. The van der Waals surface area contributed by atoms with Crippen molar-refractivity contribution in [3.05, 3.63) is 59.2 Å². The van der Waals surface area contributed by atoms with Gasteiger partial charge in [-0.25, -0.2) is 8.42 Å². The van der Waals surface area contributed by atoms with Gasteiger partial charge >= 0.3 is 6.18 Å². The maximum atomic E-state index is 13.7. The predicted molar refractivity (Wildman–Crippen MR) is 121 cm³/mol. The number of nitrogens with zero attached hydrogens (tertiary/aromatic N) is 2. The molecule has 0 bridgehead atoms. The molecule has 1 atom stereocenters. The zero-order valence-corrected chi connectivity index (χ0v) is 19.8. The minimum Gasteiger partial charge on any atom is -0.379 e. The van der Waals surface area contributed by atoms with E-state index < -0.39 is 27.7 Å². The van der Waals surface area contributed by atoms with Gasteiger partial charge in [-0.05, 0) is 68.5 Å². The van der Waals surface area contributed by atoms with Gasteiger partial charge in [-0.3, -0.25) is 4.79 Å². The van der Waals surface area contributed by atoms with Crippen LogP contribution in [0, 0.1) is 12.8 Å². The first-order valence-corrected chi connectivity index (χ1v) is 12.6. The van der Waals surface area contributed by atoms with E-state index in [1.54, 1.807) is 13.0 Å². The SMILES string of the molecule is Cc1ccc(C(=O)N(c2cccc(C(F)(F)F)c2)C(C)C2CC2)cc1S(=O)(=O)N1CCOCC1. The van der Waals surface area contributed by atoms with Crippen LogP contribution >= 0.6 is 0 Å². The first-order valence-electron chi connectivity index (χ1n) is 11.2. The highest BCUT2D eigenvalue weighted by molar-refractivity contribution is 7.89. The van der Waals surface area contributed by atoms with Crippen molar-refractivity contribution >= 4 is 21.6 Å². The van der Waals surface area contributed by atoms with Crippen LogP contribution in [-0.4, -0.2) is 51.0 Å². The van der Waals surface area contributed by atoms with E-state index in [0.29, 0.717) is 18.8 Å². The van der Waals surface area contributed by atoms with Crippen molar-refractivity contribution in [3.8, 4) is 0 Å². The standard InChI is InChI=1S/C24H27F3N2O4S/c1-16-6-7-19(14-22(16)34(31,32)28-10-12-33-13-11-28)23(30)29(17(2)18-8-9-18)21-5-3-4-20(15-21)24(25,26)27/h3-7,14-15,17-18H,8-13H2,1-2H3. The van der Waals surface area contributed by atoms with Crippen molar-refractivity contribution in [1.29, 1.82) is 0 Å². The number of anilines is 1. The average molecular weight is 497 g/mol. The summed E-state index contributed by atoms with van der Waals surface area (Å²) in [5, 5.41) is 0. The first-order chi connectivity index (χ1) is 16.0. The van der Waals surface area contributed by atoms with E-state index in [-0.39, 0.29) is 41.2 Å². The number of sulfonamides is 1. The molecule has 0 N–H and O–H groups in total. The Kier molecular flexibility index (Phi) is 6.76. The molecule has 34 heavy (non-hydrogen) atoms. The molecule has 1 saturated carbocycles. The van der Waals surface area contributed by atoms with Crippen LogP contribution in [0.3, 0.4) is 0 Å². The summed E-state index contributed by atoms with van der Waals surface area (Å²) >= 11 is 0. The van der Waals surface area contributed by atoms with E-state index in [4.69, 9.17) is 4.74 Å². The maximum Gasteiger partial charge on any atom is 0.416 e. The second kappa shape index (κ2) is 9.31. The molecule has 4 rings (SSSR count). The molecule has 2 aromatic carbocycles. The van der Waals surface area contributed by atoms with Crippen LogP contribution in [0.15, 0.2) is 47.4 Å². The lowest BCUT2D eigenvalue weighted by molar-refractivity contribution is -0.137. The molecule has 0 aromatic heterocycles. The van der Waals surface area contributed by atoms with Crippen LogP contribution in [0.25, 0.3) is 0 Å². The number of morpholine rings is 1. The molecule has 10 heteroatoms. The zero-order valence-electron chi connectivity index (χ0n) is 19.0. The normalized spacial score (nSPS) is 18.5. The van der Waals surface area contributed by atoms with Gasteiger partial charge in [0.15, 0.2) is 0 Å². The van der Waals surface area contributed by atoms with Crippen molar-refractivity contribution in [3.63, 3.8) is 0 Å². The molecule has 1 heterocycles. The van der Waals surface area contributed by atoms with Gasteiger partial charge in [0.1, 0.15) is 0 Å². The van der Waals surface area contributed by atoms with E-state index >= 15 is 0 Å². The molecule has 1 aliphatic carbocycles. The van der Waals surface area contributed by atoms with Gasteiger partial charge in [0, 0.05) is 30.4 Å². The predicted octanol–water partition coefficient (Wildman–Crippen LogP) is 4.48. The number of carbonyl (C=O) groups is 1. The van der Waals surface area contributed by atoms with Crippen molar-refractivity contribution < 1.29 is 31.1 Å². The third-order valence-electron chi connectivity index (χ3n) is 6.40. The number of ether oxygens (including phenoxy) is 1. The number of benzene rings is 2. The minimum absolute atomic E-state index is 0.0170. The van der Waals surface area contributed by atoms with Crippen molar-refractivity contribution in [2.24, 2.45) is 5.92 Å². The number of hydrogen-bond acceptors (Lipinski definition) is 4. The molecule has 1 amide bonds. The lowest BCUT2D eigenvalue weighted by Crippen LogP contribution is -2.41. The lowest BCUT2D eigenvalue weighted by Gasteiger charge is -2.31. The number of amides is 1. The molecule has 184 valence electrons. The van der Waals surface area contributed by atoms with Gasteiger partial charge in [0.25, 0.3) is 5.91 Å². The van der Waals surface area contributed by atoms with Crippen LogP contribution in [0.2, 0.25) is 0 Å². The molecular weight excluding hydrogens is 469 g/mol. The molecule has 0 spiro atoms. The highest BCUT2D eigenvalue weighted by Gasteiger charge is 2.38. The van der Waals surface area contributed by atoms with E-state index in [1.807, 2.05) is 6.92 Å². The Hall–Kier alpha value is -2.43. The van der Waals surface area contributed by atoms with E-state index in [0.717, 1.165) is 25.0 Å². The summed E-state index contributed by atoms with van der Waals surface area (Å²) < 4.78 is 73.1. The second-order valence-corrected chi connectivity index (χ2v) is 10.7. The van der Waals surface area contributed by atoms with Crippen molar-refractivity contribution in [2.45, 2.75) is 43.8 Å². The lowest BCUT2D eigenvalue weighted by atomic mass is 10.1. The van der Waals surface area contributed by atoms with Crippen LogP contribution < -0.4 is 4.90 Å². The van der Waals surface area contributed by atoms with Gasteiger partial charge in [-0.1, -0.05) is 12.1 Å². The summed E-state index contributed by atoms with van der Waals surface area (Å²) in [6.45, 7) is 4.48. The van der Waals surface area contributed by atoms with E-state index in [2.05, 4.69) is 0 Å². The summed E-state index contributed by atoms with van der Waals surface area (Å²) in [5.74, 6) is -0.349. The fourth-order valence-corrected chi connectivity index (χ4v) is 5.89. The summed E-state index contributed by atoms with van der Waals surface area (Å²) in [6.07, 6.45) is -2.78. The fraction of sp³-hybridized carbons (Fsp3) is 0.458. The van der Waals surface area contributed by atoms with E-state index in [9.17, 15) is 26.4 Å². The third-order valence-corrected chi connectivity index (χ3v) is 8.45. The zero-order chi connectivity index (χ0) is 24.7. The highest BCUT2D eigenvalue weighted by atomic mass is 32.2. The average Bonchev–Trinajstić information content (AvgIpc) is 3.65. The number of aryl methyl sites for hydroxylation is 1. The highest BCUT2D eigenvalue weighted by Crippen LogP contribution is 2.39. The van der Waals surface area contributed by atoms with Gasteiger partial charge in [0.2, 0.25) is 10.0 Å². The minimum atomic E-state index is -4.54. The molecule has 1 unspecified atom stereocenters. The Morgan fingerprint density at radius 3 is 2.41 bits per heavy atom. The van der Waals surface area contributed by atoms with Crippen molar-refractivity contribution in [2.75, 3.05) is 31.2 Å². The quantitative estimate of drug-likeness (QED) is 0.592. The number of alkyl halides is 3. The largest absolute Gasteiger partial charge is 0.416 e. The number of carbonyl (C=O) groups excluding carboxylic acids is 1. The number of rotatable bonds is 6. The molecule has 1 saturated heterocycles. The molecular formula is C24H27F3N2O4S. The first kappa shape index (κ1) is 24.7. The van der Waals surface area contributed by atoms with Gasteiger partial charge in [0.05, 0.1) is 23.7 Å². The van der Waals surface area contributed by atoms with Crippen LogP contribution in [0.1, 0.15) is 41.3 Å². The molecule has 2 fully saturated rings. The molecule has 2 aliphatic rings. The fourth-order valence-electron chi connectivity index (χ4n) is 4.24. The molecule has 0 radical (unpaired) electrons. The van der Waals surface area contributed by atoms with Crippen LogP contribution in [0.5, 0.6) is 0 Å². The molecule has 2 aromatic rings. The summed E-state index contributed by atoms with van der Waals surface area (Å²) in [5.41, 5.74) is -0.103. The summed E-state index contributed by atoms with van der Waals surface area (Å²) in [6, 6.07) is 8.78. The van der Waals surface area contributed by atoms with Gasteiger partial charge < -0.3 is 9.64 Å². The third kappa shape index (κ3) is 4.99. The topological polar surface area (TPSA) is 66.9 Å². The Morgan fingerprint density at radius 1 is 1.12 bits per heavy atom. The second-order valence-electron chi connectivity index (χ2n) is 8.80. The summed E-state index contributed by atoms with van der Waals surface area (Å²) in [7, 11) is -3.86. The monoisotopic (exact) mass is 496 g/mol. The van der Waals surface area contributed by atoms with Crippen molar-refractivity contribution in [1.82, 2.24) is 4.31 Å². The van der Waals surface area contributed by atoms with Gasteiger partial charge in [-0.2, -0.15) is 17.5 Å². The molecule has 1 aliphatic heterocycles. The maximum absolute atomic E-state index is 13.7. The van der Waals surface area contributed by atoms with Crippen LogP contribution in [0.4, 0.5) is 18.9 Å². The molecule has 6 nitrogen and oxygen atoms in total. The van der Waals surface area contributed by atoms with Crippen LogP contribution in [-0.2, 0) is 20.9 Å². The smallest absolute Gasteiger partial charge is 0.379 e. The Balaban J connectivity index is 1.74.